The van der Waals surface area contributed by atoms with Crippen LogP contribution in [0.15, 0.2) is 66.0 Å². The van der Waals surface area contributed by atoms with Gasteiger partial charge in [0.2, 0.25) is 5.95 Å². The summed E-state index contributed by atoms with van der Waals surface area (Å²) >= 11 is 1.58. The standard InChI is InChI=1S/C30H34N8O3S/c1-36(2)14-15-37(3)28(39)22-8-12-24(13-9-22)32-30(40)31-23-10-6-21(7-11-23)26-33-27(25-5-4-20-42-25)35-29(34-26)38-16-18-41-19-17-38/h4-13,20H,14-19H2,1-3H3,(H2,31,32,40). The van der Waals surface area contributed by atoms with Crippen molar-refractivity contribution in [3.63, 3.8) is 0 Å². The number of ether oxygens (including phenoxy) is 1. The summed E-state index contributed by atoms with van der Waals surface area (Å²) in [6.45, 7) is 4.12. The fourth-order valence-electron chi connectivity index (χ4n) is 4.28. The minimum absolute atomic E-state index is 0.0642. The van der Waals surface area contributed by atoms with Gasteiger partial charge in [0.1, 0.15) is 0 Å². The van der Waals surface area contributed by atoms with E-state index in [1.807, 2.05) is 60.8 Å². The van der Waals surface area contributed by atoms with Gasteiger partial charge in [0.05, 0.1) is 18.1 Å². The van der Waals surface area contributed by atoms with Gasteiger partial charge in [0, 0.05) is 55.7 Å². The summed E-state index contributed by atoms with van der Waals surface area (Å²) < 4.78 is 5.49. The number of nitrogens with zero attached hydrogens (tertiary/aromatic N) is 6. The molecular formula is C30H34N8O3S. The number of benzene rings is 2. The molecule has 12 heteroatoms. The molecule has 0 aliphatic carbocycles. The molecule has 2 aromatic carbocycles. The number of carbonyl (C=O) groups excluding carboxylic acids is 2. The molecule has 2 aromatic heterocycles. The van der Waals surface area contributed by atoms with Crippen LogP contribution >= 0.6 is 11.3 Å². The van der Waals surface area contributed by atoms with Gasteiger partial charge < -0.3 is 30.1 Å². The van der Waals surface area contributed by atoms with E-state index in [1.165, 1.54) is 0 Å². The summed E-state index contributed by atoms with van der Waals surface area (Å²) in [6, 6.07) is 17.8. The maximum Gasteiger partial charge on any atom is 0.323 e. The van der Waals surface area contributed by atoms with Gasteiger partial charge in [-0.2, -0.15) is 9.97 Å². The molecule has 0 bridgehead atoms. The van der Waals surface area contributed by atoms with Crippen molar-refractivity contribution in [1.82, 2.24) is 24.8 Å². The largest absolute Gasteiger partial charge is 0.378 e. The van der Waals surface area contributed by atoms with Gasteiger partial charge in [-0.25, -0.2) is 9.78 Å². The Morgan fingerprint density at radius 2 is 1.50 bits per heavy atom. The van der Waals surface area contributed by atoms with Gasteiger partial charge in [0.25, 0.3) is 5.91 Å². The van der Waals surface area contributed by atoms with Crippen LogP contribution in [0.1, 0.15) is 10.4 Å². The molecule has 11 nitrogen and oxygen atoms in total. The van der Waals surface area contributed by atoms with E-state index < -0.39 is 0 Å². The molecule has 1 saturated heterocycles. The highest BCUT2D eigenvalue weighted by atomic mass is 32.1. The Balaban J connectivity index is 1.23. The van der Waals surface area contributed by atoms with Crippen LogP contribution in [0.3, 0.4) is 0 Å². The number of thiophene rings is 1. The lowest BCUT2D eigenvalue weighted by Crippen LogP contribution is -2.37. The number of likely N-dealkylation sites (N-methyl/N-ethyl adjacent to an activating group) is 2. The molecule has 3 heterocycles. The lowest BCUT2D eigenvalue weighted by atomic mass is 10.2. The monoisotopic (exact) mass is 586 g/mol. The fraction of sp³-hybridized carbons (Fsp3) is 0.300. The Hall–Kier alpha value is -4.39. The molecule has 218 valence electrons. The third-order valence-electron chi connectivity index (χ3n) is 6.68. The minimum Gasteiger partial charge on any atom is -0.378 e. The maximum atomic E-state index is 12.7. The number of aromatic nitrogens is 3. The smallest absolute Gasteiger partial charge is 0.323 e. The number of rotatable bonds is 9. The van der Waals surface area contributed by atoms with E-state index in [-0.39, 0.29) is 11.9 Å². The van der Waals surface area contributed by atoms with E-state index in [0.717, 1.165) is 30.1 Å². The number of carbonyl (C=O) groups is 2. The number of morpholine rings is 1. The molecule has 1 aliphatic rings. The van der Waals surface area contributed by atoms with Crippen LogP contribution in [-0.2, 0) is 4.74 Å². The fourth-order valence-corrected chi connectivity index (χ4v) is 4.94. The Bertz CT molecular complexity index is 1490. The lowest BCUT2D eigenvalue weighted by molar-refractivity contribution is 0.0786. The van der Waals surface area contributed by atoms with Crippen LogP contribution in [0, 0.1) is 0 Å². The number of hydrogen-bond acceptors (Lipinski definition) is 9. The van der Waals surface area contributed by atoms with Crippen molar-refractivity contribution < 1.29 is 14.3 Å². The molecule has 0 unspecified atom stereocenters. The van der Waals surface area contributed by atoms with Crippen molar-refractivity contribution >= 4 is 40.6 Å². The summed E-state index contributed by atoms with van der Waals surface area (Å²) in [5.41, 5.74) is 2.58. The predicted molar refractivity (Wildman–Crippen MR) is 166 cm³/mol. The van der Waals surface area contributed by atoms with Crippen molar-refractivity contribution in [2.75, 3.05) is 76.1 Å². The third kappa shape index (κ3) is 7.46. The Labute approximate surface area is 249 Å². The SMILES string of the molecule is CN(C)CCN(C)C(=O)c1ccc(NC(=O)Nc2ccc(-c3nc(-c4cccs4)nc(N4CCOCC4)n3)cc2)cc1. The molecule has 0 radical (unpaired) electrons. The predicted octanol–water partition coefficient (Wildman–Crippen LogP) is 4.38. The van der Waals surface area contributed by atoms with E-state index >= 15 is 0 Å². The second kappa shape index (κ2) is 13.5. The van der Waals surface area contributed by atoms with Crippen LogP contribution in [0.4, 0.5) is 22.1 Å². The number of amides is 3. The Morgan fingerprint density at radius 3 is 2.12 bits per heavy atom. The Kier molecular flexibility index (Phi) is 9.37. The highest BCUT2D eigenvalue weighted by molar-refractivity contribution is 7.13. The van der Waals surface area contributed by atoms with E-state index in [9.17, 15) is 9.59 Å². The highest BCUT2D eigenvalue weighted by Gasteiger charge is 2.18. The third-order valence-corrected chi connectivity index (χ3v) is 7.54. The molecule has 2 N–H and O–H groups in total. The van der Waals surface area contributed by atoms with E-state index in [0.29, 0.717) is 54.3 Å². The van der Waals surface area contributed by atoms with Crippen molar-refractivity contribution in [2.45, 2.75) is 0 Å². The van der Waals surface area contributed by atoms with Gasteiger partial charge in [0.15, 0.2) is 11.6 Å². The number of hydrogen-bond donors (Lipinski definition) is 2. The second-order valence-electron chi connectivity index (χ2n) is 10.1. The molecule has 5 rings (SSSR count). The van der Waals surface area contributed by atoms with Crippen LogP contribution < -0.4 is 15.5 Å². The average Bonchev–Trinajstić information content (AvgIpc) is 3.56. The first kappa shape index (κ1) is 29.1. The first-order valence-electron chi connectivity index (χ1n) is 13.7. The first-order valence-corrected chi connectivity index (χ1v) is 14.5. The molecule has 0 saturated carbocycles. The molecular weight excluding hydrogens is 552 g/mol. The van der Waals surface area contributed by atoms with Crippen molar-refractivity contribution in [3.05, 3.63) is 71.6 Å². The molecule has 3 amide bonds. The van der Waals surface area contributed by atoms with E-state index in [4.69, 9.17) is 19.7 Å². The molecule has 4 aromatic rings. The molecule has 0 atom stereocenters. The van der Waals surface area contributed by atoms with Crippen LogP contribution in [0.25, 0.3) is 22.1 Å². The molecule has 0 spiro atoms. The first-order chi connectivity index (χ1) is 20.4. The molecule has 42 heavy (non-hydrogen) atoms. The van der Waals surface area contributed by atoms with Gasteiger partial charge in [-0.15, -0.1) is 11.3 Å². The minimum atomic E-state index is -0.389. The topological polar surface area (TPSA) is 116 Å². The molecule has 1 aliphatic heterocycles. The quantitative estimate of drug-likeness (QED) is 0.297. The second-order valence-corrected chi connectivity index (χ2v) is 11.1. The maximum absolute atomic E-state index is 12.7. The van der Waals surface area contributed by atoms with Crippen LogP contribution in [0.2, 0.25) is 0 Å². The Morgan fingerprint density at radius 1 is 0.857 bits per heavy atom. The summed E-state index contributed by atoms with van der Waals surface area (Å²) in [4.78, 5) is 46.3. The van der Waals surface area contributed by atoms with Gasteiger partial charge >= 0.3 is 6.03 Å². The zero-order chi connectivity index (χ0) is 29.5. The summed E-state index contributed by atoms with van der Waals surface area (Å²) in [5, 5.41) is 7.65. The van der Waals surface area contributed by atoms with E-state index in [2.05, 4.69) is 15.5 Å². The summed E-state index contributed by atoms with van der Waals surface area (Å²) in [6.07, 6.45) is 0. The van der Waals surface area contributed by atoms with Crippen molar-refractivity contribution in [1.29, 1.82) is 0 Å². The zero-order valence-electron chi connectivity index (χ0n) is 23.9. The summed E-state index contributed by atoms with van der Waals surface area (Å²) in [7, 11) is 5.72. The normalized spacial score (nSPS) is 13.2. The van der Waals surface area contributed by atoms with Crippen molar-refractivity contribution in [2.24, 2.45) is 0 Å². The number of nitrogens with one attached hydrogen (secondary N) is 2. The number of urea groups is 1. The van der Waals surface area contributed by atoms with Crippen LogP contribution in [0.5, 0.6) is 0 Å². The van der Waals surface area contributed by atoms with Crippen LogP contribution in [-0.4, -0.2) is 97.2 Å². The average molecular weight is 587 g/mol. The lowest BCUT2D eigenvalue weighted by Gasteiger charge is -2.27. The van der Waals surface area contributed by atoms with Gasteiger partial charge in [-0.05, 0) is 74.1 Å². The van der Waals surface area contributed by atoms with E-state index in [1.54, 1.807) is 47.5 Å². The van der Waals surface area contributed by atoms with Crippen molar-refractivity contribution in [3.8, 4) is 22.1 Å². The highest BCUT2D eigenvalue weighted by Crippen LogP contribution is 2.27. The van der Waals surface area contributed by atoms with Gasteiger partial charge in [-0.1, -0.05) is 6.07 Å². The van der Waals surface area contributed by atoms with Gasteiger partial charge in [-0.3, -0.25) is 4.79 Å². The zero-order valence-corrected chi connectivity index (χ0v) is 24.7. The molecule has 1 fully saturated rings. The number of anilines is 3. The summed E-state index contributed by atoms with van der Waals surface area (Å²) in [5.74, 6) is 1.76.